The fourth-order valence-electron chi connectivity index (χ4n) is 1.74. The highest BCUT2D eigenvalue weighted by Gasteiger charge is 2.02. The molecule has 0 amide bonds. The van der Waals surface area contributed by atoms with E-state index < -0.39 is 0 Å². The van der Waals surface area contributed by atoms with Crippen molar-refractivity contribution >= 4 is 10.8 Å². The molecule has 0 aliphatic rings. The first kappa shape index (κ1) is 13.5. The highest BCUT2D eigenvalue weighted by atomic mass is 16.3. The molecule has 20 heavy (non-hydrogen) atoms. The van der Waals surface area contributed by atoms with Gasteiger partial charge < -0.3 is 20.4 Å². The van der Waals surface area contributed by atoms with Crippen LogP contribution >= 0.6 is 0 Å². The maximum atomic E-state index is 9.41. The molecule has 0 atom stereocenters. The fraction of sp³-hybridized carbons (Fsp3) is 0. The number of fused-ring (bicyclic) bond motifs is 1. The van der Waals surface area contributed by atoms with E-state index in [0.29, 0.717) is 5.39 Å². The minimum absolute atomic E-state index is 0.0481. The lowest BCUT2D eigenvalue weighted by molar-refractivity contribution is 0.408. The normalized spacial score (nSPS) is 9.80. The Hall–Kier alpha value is -2.88. The molecular formula is C16H14O4. The first-order chi connectivity index (χ1) is 9.58. The minimum atomic E-state index is -0.0753. The van der Waals surface area contributed by atoms with Crippen molar-refractivity contribution in [1.29, 1.82) is 0 Å². The largest absolute Gasteiger partial charge is 0.508 e. The second-order valence-corrected chi connectivity index (χ2v) is 4.17. The number of phenols is 4. The van der Waals surface area contributed by atoms with Gasteiger partial charge in [-0.3, -0.25) is 0 Å². The fourth-order valence-corrected chi connectivity index (χ4v) is 1.74. The zero-order valence-corrected chi connectivity index (χ0v) is 10.6. The number of rotatable bonds is 0. The molecular weight excluding hydrogens is 256 g/mol. The molecule has 4 heteroatoms. The van der Waals surface area contributed by atoms with Crippen LogP contribution in [0, 0.1) is 0 Å². The first-order valence-corrected chi connectivity index (χ1v) is 5.95. The van der Waals surface area contributed by atoms with Crippen LogP contribution in [-0.2, 0) is 0 Å². The van der Waals surface area contributed by atoms with Crippen molar-refractivity contribution in [3.8, 4) is 23.0 Å². The van der Waals surface area contributed by atoms with Crippen molar-refractivity contribution in [3.05, 3.63) is 60.7 Å². The molecule has 0 saturated carbocycles. The Kier molecular flexibility index (Phi) is 3.96. The molecule has 3 rings (SSSR count). The first-order valence-electron chi connectivity index (χ1n) is 5.95. The van der Waals surface area contributed by atoms with Gasteiger partial charge >= 0.3 is 0 Å². The average molecular weight is 270 g/mol. The Balaban J connectivity index is 0.000000160. The van der Waals surface area contributed by atoms with E-state index in [0.717, 1.165) is 5.39 Å². The molecule has 4 N–H and O–H groups in total. The summed E-state index contributed by atoms with van der Waals surface area (Å²) in [6, 6.07) is 16.5. The number of phenolic OH excluding ortho intramolecular Hbond substituents is 4. The summed E-state index contributed by atoms with van der Waals surface area (Å²) in [7, 11) is 0. The predicted molar refractivity (Wildman–Crippen MR) is 77.0 cm³/mol. The number of hydrogen-bond acceptors (Lipinski definition) is 4. The van der Waals surface area contributed by atoms with E-state index in [1.54, 1.807) is 18.2 Å². The molecule has 0 bridgehead atoms. The van der Waals surface area contributed by atoms with Crippen molar-refractivity contribution in [2.24, 2.45) is 0 Å². The molecule has 0 radical (unpaired) electrons. The third-order valence-electron chi connectivity index (χ3n) is 2.71. The lowest BCUT2D eigenvalue weighted by atomic mass is 10.1. The van der Waals surface area contributed by atoms with Gasteiger partial charge in [0.2, 0.25) is 0 Å². The van der Waals surface area contributed by atoms with E-state index in [2.05, 4.69) is 0 Å². The van der Waals surface area contributed by atoms with Gasteiger partial charge in [0.25, 0.3) is 0 Å². The van der Waals surface area contributed by atoms with Crippen LogP contribution in [0.25, 0.3) is 10.8 Å². The smallest absolute Gasteiger partial charge is 0.165 e. The maximum absolute atomic E-state index is 9.41. The quantitative estimate of drug-likeness (QED) is 0.472. The summed E-state index contributed by atoms with van der Waals surface area (Å²) in [6.45, 7) is 0. The molecule has 0 saturated heterocycles. The Morgan fingerprint density at radius 3 is 1.85 bits per heavy atom. The molecule has 0 fully saturated rings. The van der Waals surface area contributed by atoms with E-state index in [1.807, 2.05) is 18.2 Å². The topological polar surface area (TPSA) is 80.9 Å². The van der Waals surface area contributed by atoms with Gasteiger partial charge in [0.1, 0.15) is 11.5 Å². The summed E-state index contributed by atoms with van der Waals surface area (Å²) < 4.78 is 0. The van der Waals surface area contributed by atoms with E-state index in [-0.39, 0.29) is 23.0 Å². The Labute approximate surface area is 115 Å². The van der Waals surface area contributed by atoms with Gasteiger partial charge in [-0.05, 0) is 23.6 Å². The molecule has 0 unspecified atom stereocenters. The van der Waals surface area contributed by atoms with Crippen LogP contribution in [0.4, 0.5) is 0 Å². The molecule has 0 aromatic heterocycles. The van der Waals surface area contributed by atoms with Crippen LogP contribution in [0.1, 0.15) is 0 Å². The summed E-state index contributed by atoms with van der Waals surface area (Å²) in [5.41, 5.74) is 0. The maximum Gasteiger partial charge on any atom is 0.165 e. The molecule has 0 heterocycles. The summed E-state index contributed by atoms with van der Waals surface area (Å²) in [4.78, 5) is 0. The Morgan fingerprint density at radius 2 is 1.25 bits per heavy atom. The van der Waals surface area contributed by atoms with Gasteiger partial charge in [-0.2, -0.15) is 0 Å². The van der Waals surface area contributed by atoms with Gasteiger partial charge in [0.05, 0.1) is 0 Å². The van der Waals surface area contributed by atoms with Gasteiger partial charge in [0, 0.05) is 11.5 Å². The average Bonchev–Trinajstić information content (AvgIpc) is 2.44. The van der Waals surface area contributed by atoms with E-state index >= 15 is 0 Å². The highest BCUT2D eigenvalue weighted by Crippen LogP contribution is 2.32. The lowest BCUT2D eigenvalue weighted by Gasteiger charge is -2.01. The van der Waals surface area contributed by atoms with Crippen molar-refractivity contribution in [2.75, 3.05) is 0 Å². The van der Waals surface area contributed by atoms with Gasteiger partial charge in [0.15, 0.2) is 11.5 Å². The van der Waals surface area contributed by atoms with Crippen molar-refractivity contribution in [3.63, 3.8) is 0 Å². The van der Waals surface area contributed by atoms with Crippen molar-refractivity contribution in [2.45, 2.75) is 0 Å². The Morgan fingerprint density at radius 1 is 0.600 bits per heavy atom. The molecule has 0 aliphatic carbocycles. The van der Waals surface area contributed by atoms with E-state index in [9.17, 15) is 5.11 Å². The minimum Gasteiger partial charge on any atom is -0.508 e. The molecule has 102 valence electrons. The van der Waals surface area contributed by atoms with Crippen LogP contribution in [0.5, 0.6) is 23.0 Å². The summed E-state index contributed by atoms with van der Waals surface area (Å²) >= 11 is 0. The zero-order valence-electron chi connectivity index (χ0n) is 10.6. The number of aromatic hydroxyl groups is 4. The van der Waals surface area contributed by atoms with Crippen molar-refractivity contribution < 1.29 is 20.4 Å². The van der Waals surface area contributed by atoms with E-state index in [1.165, 1.54) is 24.3 Å². The molecule has 3 aromatic rings. The number of benzene rings is 3. The summed E-state index contributed by atoms with van der Waals surface area (Å²) in [6.07, 6.45) is 0. The van der Waals surface area contributed by atoms with Crippen molar-refractivity contribution in [1.82, 2.24) is 0 Å². The van der Waals surface area contributed by atoms with Crippen LogP contribution in [0.3, 0.4) is 0 Å². The SMILES string of the molecule is Oc1ccc2ccccc2c1O.Oc1cccc(O)c1. The van der Waals surface area contributed by atoms with Crippen LogP contribution < -0.4 is 0 Å². The monoisotopic (exact) mass is 270 g/mol. The second-order valence-electron chi connectivity index (χ2n) is 4.17. The summed E-state index contributed by atoms with van der Waals surface area (Å²) in [5, 5.41) is 37.5. The second kappa shape index (κ2) is 5.84. The van der Waals surface area contributed by atoms with Crippen LogP contribution in [0.2, 0.25) is 0 Å². The lowest BCUT2D eigenvalue weighted by Crippen LogP contribution is -1.73. The molecule has 3 aromatic carbocycles. The predicted octanol–water partition coefficient (Wildman–Crippen LogP) is 3.35. The number of hydrogen-bond donors (Lipinski definition) is 4. The van der Waals surface area contributed by atoms with Gasteiger partial charge in [-0.15, -0.1) is 0 Å². The Bertz CT molecular complexity index is 705. The highest BCUT2D eigenvalue weighted by molar-refractivity contribution is 5.90. The van der Waals surface area contributed by atoms with Gasteiger partial charge in [-0.1, -0.05) is 36.4 Å². The standard InChI is InChI=1S/C10H8O2.C6H6O2/c11-9-6-5-7-3-1-2-4-8(7)10(9)12;7-5-2-1-3-6(8)4-5/h1-6,11-12H;1-4,7-8H. The van der Waals surface area contributed by atoms with Crippen LogP contribution in [0.15, 0.2) is 60.7 Å². The zero-order chi connectivity index (χ0) is 14.5. The molecule has 0 aliphatic heterocycles. The molecule has 4 nitrogen and oxygen atoms in total. The van der Waals surface area contributed by atoms with E-state index in [4.69, 9.17) is 15.3 Å². The third-order valence-corrected chi connectivity index (χ3v) is 2.71. The van der Waals surface area contributed by atoms with Gasteiger partial charge in [-0.25, -0.2) is 0 Å². The molecule has 0 spiro atoms. The van der Waals surface area contributed by atoms with Crippen LogP contribution in [-0.4, -0.2) is 20.4 Å². The summed E-state index contributed by atoms with van der Waals surface area (Å²) in [5.74, 6) is 0.0526. The third kappa shape index (κ3) is 3.11.